The molecule has 0 bridgehead atoms. The third-order valence-electron chi connectivity index (χ3n) is 2.35. The lowest BCUT2D eigenvalue weighted by Crippen LogP contribution is -2.34. The van der Waals surface area contributed by atoms with Crippen LogP contribution in [0.15, 0.2) is 54.3 Å². The Morgan fingerprint density at radius 1 is 1.27 bits per heavy atom. The van der Waals surface area contributed by atoms with E-state index < -0.39 is 0 Å². The summed E-state index contributed by atoms with van der Waals surface area (Å²) < 4.78 is 5.67. The third-order valence-corrected chi connectivity index (χ3v) is 2.35. The molecule has 1 atom stereocenters. The van der Waals surface area contributed by atoms with Crippen LogP contribution in [0.5, 0.6) is 5.75 Å². The minimum atomic E-state index is -0.233. The molecule has 2 N–H and O–H groups in total. The van der Waals surface area contributed by atoms with Crippen LogP contribution in [0.25, 0.3) is 0 Å². The Bertz CT molecular complexity index is 390. The summed E-state index contributed by atoms with van der Waals surface area (Å²) in [6.07, 6.45) is 6.74. The van der Waals surface area contributed by atoms with Crippen LogP contribution in [0.2, 0.25) is 0 Å². The smallest absolute Gasteiger partial charge is 0.127 e. The largest absolute Gasteiger partial charge is 0.458 e. The van der Waals surface area contributed by atoms with Gasteiger partial charge in [0, 0.05) is 5.54 Å². The van der Waals surface area contributed by atoms with Crippen LogP contribution in [0.1, 0.15) is 13.3 Å². The number of nitrogens with two attached hydrogens (primary N) is 1. The Hall–Kier alpha value is -1.54. The summed E-state index contributed by atoms with van der Waals surface area (Å²) >= 11 is 0. The van der Waals surface area contributed by atoms with E-state index in [9.17, 15) is 0 Å². The van der Waals surface area contributed by atoms with Gasteiger partial charge in [0.05, 0.1) is 0 Å². The molecular weight excluding hydrogens is 186 g/mol. The summed E-state index contributed by atoms with van der Waals surface area (Å²) in [7, 11) is 0. The van der Waals surface area contributed by atoms with E-state index in [-0.39, 0.29) is 5.54 Å². The highest BCUT2D eigenvalue weighted by Crippen LogP contribution is 2.21. The molecule has 0 heterocycles. The predicted molar refractivity (Wildman–Crippen MR) is 61.5 cm³/mol. The molecule has 2 nitrogen and oxygen atoms in total. The number of rotatable bonds is 2. The zero-order valence-corrected chi connectivity index (χ0v) is 8.81. The first-order valence-electron chi connectivity index (χ1n) is 5.07. The molecule has 1 aliphatic rings. The van der Waals surface area contributed by atoms with Crippen LogP contribution in [0, 0.1) is 0 Å². The van der Waals surface area contributed by atoms with Gasteiger partial charge in [-0.3, -0.25) is 0 Å². The van der Waals surface area contributed by atoms with Gasteiger partial charge in [-0.25, -0.2) is 0 Å². The topological polar surface area (TPSA) is 35.2 Å². The molecule has 0 fully saturated rings. The van der Waals surface area contributed by atoms with Crippen molar-refractivity contribution in [3.8, 4) is 5.75 Å². The van der Waals surface area contributed by atoms with Gasteiger partial charge < -0.3 is 10.5 Å². The minimum Gasteiger partial charge on any atom is -0.458 e. The highest BCUT2D eigenvalue weighted by atomic mass is 16.5. The monoisotopic (exact) mass is 201 g/mol. The minimum absolute atomic E-state index is 0.233. The third kappa shape index (κ3) is 2.70. The van der Waals surface area contributed by atoms with Gasteiger partial charge in [-0.15, -0.1) is 0 Å². The molecule has 1 aromatic rings. The molecule has 0 spiro atoms. The van der Waals surface area contributed by atoms with E-state index in [4.69, 9.17) is 10.5 Å². The quantitative estimate of drug-likeness (QED) is 0.798. The first kappa shape index (κ1) is 9.99. The molecule has 0 radical (unpaired) electrons. The molecule has 1 aliphatic carbocycles. The fourth-order valence-corrected chi connectivity index (χ4v) is 1.43. The molecule has 2 heteroatoms. The Morgan fingerprint density at radius 2 is 2.00 bits per heavy atom. The van der Waals surface area contributed by atoms with Crippen molar-refractivity contribution in [2.45, 2.75) is 18.9 Å². The van der Waals surface area contributed by atoms with Gasteiger partial charge in [-0.05, 0) is 37.6 Å². The molecule has 78 valence electrons. The molecular formula is C13H15NO. The number of hydrogen-bond acceptors (Lipinski definition) is 2. The maximum Gasteiger partial charge on any atom is 0.127 e. The lowest BCUT2D eigenvalue weighted by molar-refractivity contribution is 0.429. The first-order chi connectivity index (χ1) is 7.16. The zero-order chi connectivity index (χ0) is 10.7. The summed E-state index contributed by atoms with van der Waals surface area (Å²) in [5, 5.41) is 0. The van der Waals surface area contributed by atoms with Crippen LogP contribution < -0.4 is 10.5 Å². The fourth-order valence-electron chi connectivity index (χ4n) is 1.43. The van der Waals surface area contributed by atoms with Crippen molar-refractivity contribution in [3.63, 3.8) is 0 Å². The molecule has 0 amide bonds. The number of allylic oxidation sites excluding steroid dienone is 1. The van der Waals surface area contributed by atoms with Gasteiger partial charge in [-0.1, -0.05) is 24.3 Å². The van der Waals surface area contributed by atoms with Crippen LogP contribution in [-0.4, -0.2) is 5.54 Å². The second-order valence-corrected chi connectivity index (χ2v) is 4.06. The molecule has 2 rings (SSSR count). The van der Waals surface area contributed by atoms with E-state index in [1.165, 1.54) is 0 Å². The number of hydrogen-bond donors (Lipinski definition) is 1. The standard InChI is InChI=1S/C13H15NO/c1-13(14)9-7-12(8-10-13)15-11-5-3-2-4-6-11/h2-9H,10,14H2,1H3. The van der Waals surface area contributed by atoms with Crippen molar-refractivity contribution in [1.82, 2.24) is 0 Å². The summed E-state index contributed by atoms with van der Waals surface area (Å²) in [6.45, 7) is 2.00. The number of ether oxygens (including phenoxy) is 1. The Balaban J connectivity index is 2.04. The normalized spacial score (nSPS) is 24.8. The molecule has 15 heavy (non-hydrogen) atoms. The van der Waals surface area contributed by atoms with E-state index in [0.717, 1.165) is 17.9 Å². The second-order valence-electron chi connectivity index (χ2n) is 4.06. The van der Waals surface area contributed by atoms with Crippen molar-refractivity contribution >= 4 is 0 Å². The maximum atomic E-state index is 5.95. The van der Waals surface area contributed by atoms with Gasteiger partial charge in [0.2, 0.25) is 0 Å². The average molecular weight is 201 g/mol. The van der Waals surface area contributed by atoms with Gasteiger partial charge in [0.1, 0.15) is 11.5 Å². The van der Waals surface area contributed by atoms with Crippen molar-refractivity contribution < 1.29 is 4.74 Å². The second kappa shape index (κ2) is 3.91. The van der Waals surface area contributed by atoms with Crippen molar-refractivity contribution in [2.24, 2.45) is 5.73 Å². The average Bonchev–Trinajstić information content (AvgIpc) is 2.23. The fraction of sp³-hybridized carbons (Fsp3) is 0.231. The highest BCUT2D eigenvalue weighted by molar-refractivity contribution is 5.30. The molecule has 0 aromatic heterocycles. The Labute approximate surface area is 90.1 Å². The highest BCUT2D eigenvalue weighted by Gasteiger charge is 2.16. The summed E-state index contributed by atoms with van der Waals surface area (Å²) in [6, 6.07) is 9.75. The van der Waals surface area contributed by atoms with Crippen molar-refractivity contribution in [1.29, 1.82) is 0 Å². The van der Waals surface area contributed by atoms with Gasteiger partial charge >= 0.3 is 0 Å². The summed E-state index contributed by atoms with van der Waals surface area (Å²) in [4.78, 5) is 0. The Morgan fingerprint density at radius 3 is 2.60 bits per heavy atom. The Kier molecular flexibility index (Phi) is 2.60. The van der Waals surface area contributed by atoms with E-state index in [1.54, 1.807) is 0 Å². The van der Waals surface area contributed by atoms with E-state index in [1.807, 2.05) is 55.5 Å². The van der Waals surface area contributed by atoms with Crippen molar-refractivity contribution in [2.75, 3.05) is 0 Å². The lowest BCUT2D eigenvalue weighted by Gasteiger charge is -2.22. The number of benzene rings is 1. The van der Waals surface area contributed by atoms with Crippen LogP contribution >= 0.6 is 0 Å². The van der Waals surface area contributed by atoms with E-state index in [2.05, 4.69) is 0 Å². The summed E-state index contributed by atoms with van der Waals surface area (Å²) in [5.41, 5.74) is 5.71. The SMILES string of the molecule is CC1(N)C=CC(Oc2ccccc2)=CC1. The maximum absolute atomic E-state index is 5.95. The van der Waals surface area contributed by atoms with Crippen LogP contribution in [-0.2, 0) is 0 Å². The van der Waals surface area contributed by atoms with E-state index in [0.29, 0.717) is 0 Å². The van der Waals surface area contributed by atoms with Gasteiger partial charge in [-0.2, -0.15) is 0 Å². The van der Waals surface area contributed by atoms with Crippen molar-refractivity contribution in [3.05, 3.63) is 54.3 Å². The molecule has 0 saturated carbocycles. The zero-order valence-electron chi connectivity index (χ0n) is 8.81. The van der Waals surface area contributed by atoms with Gasteiger partial charge in [0.15, 0.2) is 0 Å². The molecule has 0 aliphatic heterocycles. The van der Waals surface area contributed by atoms with Crippen LogP contribution in [0.4, 0.5) is 0 Å². The predicted octanol–water partition coefficient (Wildman–Crippen LogP) is 2.63. The molecule has 0 saturated heterocycles. The number of para-hydroxylation sites is 1. The lowest BCUT2D eigenvalue weighted by atomic mass is 9.94. The van der Waals surface area contributed by atoms with Gasteiger partial charge in [0.25, 0.3) is 0 Å². The molecule has 1 unspecified atom stereocenters. The molecule has 1 aromatic carbocycles. The summed E-state index contributed by atoms with van der Waals surface area (Å²) in [5.74, 6) is 1.72. The first-order valence-corrected chi connectivity index (χ1v) is 5.07. The van der Waals surface area contributed by atoms with Crippen LogP contribution in [0.3, 0.4) is 0 Å². The van der Waals surface area contributed by atoms with E-state index >= 15 is 0 Å².